The average Bonchev–Trinajstić information content (AvgIpc) is 3.08. The van der Waals surface area contributed by atoms with E-state index in [4.69, 9.17) is 4.42 Å². The van der Waals surface area contributed by atoms with Crippen LogP contribution in [0.15, 0.2) is 39.8 Å². The molecule has 21 heavy (non-hydrogen) atoms. The maximum absolute atomic E-state index is 11.9. The zero-order valence-electron chi connectivity index (χ0n) is 11.1. The highest BCUT2D eigenvalue weighted by atomic mass is 16.4. The van der Waals surface area contributed by atoms with Crippen molar-refractivity contribution in [2.24, 2.45) is 0 Å². The van der Waals surface area contributed by atoms with Crippen LogP contribution in [0.5, 0.6) is 0 Å². The van der Waals surface area contributed by atoms with Gasteiger partial charge in [-0.1, -0.05) is 12.1 Å². The maximum atomic E-state index is 11.9. The fraction of sp³-hybridized carbons (Fsp3) is 0.231. The molecule has 0 saturated carbocycles. The van der Waals surface area contributed by atoms with Crippen molar-refractivity contribution >= 4 is 17.0 Å². The summed E-state index contributed by atoms with van der Waals surface area (Å²) < 4.78 is 6.37. The zero-order valence-corrected chi connectivity index (χ0v) is 11.1. The van der Waals surface area contributed by atoms with Crippen molar-refractivity contribution in [2.75, 3.05) is 6.54 Å². The van der Waals surface area contributed by atoms with Gasteiger partial charge in [0.15, 0.2) is 5.58 Å². The van der Waals surface area contributed by atoms with Crippen LogP contribution in [0.4, 0.5) is 0 Å². The summed E-state index contributed by atoms with van der Waals surface area (Å²) in [5.74, 6) is -0.106. The van der Waals surface area contributed by atoms with E-state index in [1.54, 1.807) is 24.3 Å². The third-order valence-electron chi connectivity index (χ3n) is 3.02. The molecule has 0 radical (unpaired) electrons. The largest absolute Gasteiger partial charge is 0.420 e. The molecule has 0 unspecified atom stereocenters. The number of nitrogens with one attached hydrogen (secondary N) is 2. The van der Waals surface area contributed by atoms with Crippen LogP contribution in [-0.4, -0.2) is 32.2 Å². The summed E-state index contributed by atoms with van der Waals surface area (Å²) in [7, 11) is 0. The first-order valence-corrected chi connectivity index (χ1v) is 6.43. The van der Waals surface area contributed by atoms with Gasteiger partial charge in [0, 0.05) is 13.0 Å². The average molecular weight is 287 g/mol. The summed E-state index contributed by atoms with van der Waals surface area (Å²) >= 11 is 0. The number of hydrogen-bond acceptors (Lipinski definition) is 5. The monoisotopic (exact) mass is 287 g/mol. The Morgan fingerprint density at radius 3 is 3.05 bits per heavy atom. The number of rotatable bonds is 5. The number of aromatic nitrogens is 4. The lowest BCUT2D eigenvalue weighted by molar-refractivity contribution is -0.121. The van der Waals surface area contributed by atoms with Crippen LogP contribution in [0.1, 0.15) is 5.82 Å². The normalized spacial score (nSPS) is 10.9. The fourth-order valence-corrected chi connectivity index (χ4v) is 2.03. The van der Waals surface area contributed by atoms with E-state index in [1.165, 1.54) is 10.9 Å². The number of benzene rings is 1. The summed E-state index contributed by atoms with van der Waals surface area (Å²) in [5.41, 5.74) is 1.07. The second-order valence-electron chi connectivity index (χ2n) is 4.45. The molecular formula is C13H13N5O3. The van der Waals surface area contributed by atoms with Gasteiger partial charge in [-0.2, -0.15) is 5.10 Å². The molecule has 0 spiro atoms. The van der Waals surface area contributed by atoms with Gasteiger partial charge < -0.3 is 9.73 Å². The summed E-state index contributed by atoms with van der Waals surface area (Å²) in [6.07, 6.45) is 1.96. The number of hydrogen-bond donors (Lipinski definition) is 2. The van der Waals surface area contributed by atoms with Gasteiger partial charge in [-0.15, -0.1) is 0 Å². The molecule has 0 aliphatic heterocycles. The van der Waals surface area contributed by atoms with Gasteiger partial charge in [0.05, 0.1) is 5.52 Å². The van der Waals surface area contributed by atoms with E-state index in [0.29, 0.717) is 29.9 Å². The molecule has 0 saturated heterocycles. The molecule has 2 heterocycles. The van der Waals surface area contributed by atoms with Crippen molar-refractivity contribution < 1.29 is 9.21 Å². The summed E-state index contributed by atoms with van der Waals surface area (Å²) in [6, 6.07) is 6.99. The molecule has 1 amide bonds. The van der Waals surface area contributed by atoms with Crippen LogP contribution >= 0.6 is 0 Å². The minimum atomic E-state index is -0.540. The first kappa shape index (κ1) is 13.1. The Morgan fingerprint density at radius 1 is 1.38 bits per heavy atom. The number of para-hydroxylation sites is 2. The van der Waals surface area contributed by atoms with Gasteiger partial charge in [-0.05, 0) is 12.1 Å². The molecular weight excluding hydrogens is 274 g/mol. The zero-order chi connectivity index (χ0) is 14.7. The van der Waals surface area contributed by atoms with Gasteiger partial charge in [0.2, 0.25) is 5.91 Å². The fourth-order valence-electron chi connectivity index (χ4n) is 2.03. The Kier molecular flexibility index (Phi) is 3.50. The quantitative estimate of drug-likeness (QED) is 0.691. The van der Waals surface area contributed by atoms with Crippen LogP contribution < -0.4 is 11.1 Å². The van der Waals surface area contributed by atoms with E-state index in [0.717, 1.165) is 0 Å². The smallest absolute Gasteiger partial charge is 0.408 e. The first-order valence-electron chi connectivity index (χ1n) is 6.43. The number of oxazole rings is 1. The topological polar surface area (TPSA) is 106 Å². The number of carbonyl (C=O) groups excluding carboxylic acids is 1. The van der Waals surface area contributed by atoms with E-state index < -0.39 is 5.76 Å². The summed E-state index contributed by atoms with van der Waals surface area (Å²) in [5, 5.41) is 9.15. The Balaban J connectivity index is 1.63. The van der Waals surface area contributed by atoms with Crippen LogP contribution in [0.2, 0.25) is 0 Å². The molecule has 8 nitrogen and oxygen atoms in total. The predicted octanol–water partition coefficient (Wildman–Crippen LogP) is 0.0715. The van der Waals surface area contributed by atoms with Gasteiger partial charge in [0.1, 0.15) is 18.7 Å². The Bertz CT molecular complexity index is 803. The molecule has 2 aromatic heterocycles. The minimum Gasteiger partial charge on any atom is -0.408 e. The van der Waals surface area contributed by atoms with E-state index >= 15 is 0 Å². The van der Waals surface area contributed by atoms with Crippen LogP contribution in [0.3, 0.4) is 0 Å². The van der Waals surface area contributed by atoms with Crippen LogP contribution in [0.25, 0.3) is 11.1 Å². The lowest BCUT2D eigenvalue weighted by atomic mass is 10.3. The van der Waals surface area contributed by atoms with Gasteiger partial charge in [0.25, 0.3) is 0 Å². The maximum Gasteiger partial charge on any atom is 0.420 e. The molecule has 108 valence electrons. The first-order chi connectivity index (χ1) is 10.2. The van der Waals surface area contributed by atoms with E-state index in [1.807, 2.05) is 0 Å². The number of amides is 1. The number of carbonyl (C=O) groups is 1. The Labute approximate surface area is 118 Å². The molecule has 0 aliphatic rings. The van der Waals surface area contributed by atoms with Crippen molar-refractivity contribution in [2.45, 2.75) is 13.0 Å². The lowest BCUT2D eigenvalue weighted by Crippen LogP contribution is -2.32. The molecule has 1 aromatic carbocycles. The number of nitrogens with zero attached hydrogens (tertiary/aromatic N) is 3. The van der Waals surface area contributed by atoms with E-state index in [-0.39, 0.29) is 12.5 Å². The number of aromatic amines is 1. The molecule has 8 heteroatoms. The standard InChI is InChI=1S/C13H13N5O3/c19-12(14-6-5-11-15-8-16-17-11)7-18-9-3-1-2-4-10(9)21-13(18)20/h1-4,8H,5-7H2,(H,14,19)(H,15,16,17). The van der Waals surface area contributed by atoms with Crippen molar-refractivity contribution in [1.29, 1.82) is 0 Å². The molecule has 3 aromatic rings. The molecule has 0 aliphatic carbocycles. The summed E-state index contributed by atoms with van der Waals surface area (Å²) in [6.45, 7) is 0.338. The van der Waals surface area contributed by atoms with E-state index in [9.17, 15) is 9.59 Å². The van der Waals surface area contributed by atoms with Crippen molar-refractivity contribution in [1.82, 2.24) is 25.1 Å². The summed E-state index contributed by atoms with van der Waals surface area (Å²) in [4.78, 5) is 27.6. The lowest BCUT2D eigenvalue weighted by Gasteiger charge is -2.04. The highest BCUT2D eigenvalue weighted by Crippen LogP contribution is 2.11. The number of H-pyrrole nitrogens is 1. The molecule has 0 atom stereocenters. The minimum absolute atomic E-state index is 0.0771. The van der Waals surface area contributed by atoms with E-state index in [2.05, 4.69) is 20.5 Å². The third-order valence-corrected chi connectivity index (χ3v) is 3.02. The Morgan fingerprint density at radius 2 is 2.24 bits per heavy atom. The van der Waals surface area contributed by atoms with Gasteiger partial charge in [-0.3, -0.25) is 14.5 Å². The van der Waals surface area contributed by atoms with Crippen molar-refractivity contribution in [3.8, 4) is 0 Å². The highest BCUT2D eigenvalue weighted by Gasteiger charge is 2.11. The molecule has 0 fully saturated rings. The SMILES string of the molecule is O=C(Cn1c(=O)oc2ccccc21)NCCc1ncn[nH]1. The second-order valence-corrected chi connectivity index (χ2v) is 4.45. The van der Waals surface area contributed by atoms with Crippen LogP contribution in [-0.2, 0) is 17.8 Å². The van der Waals surface area contributed by atoms with Crippen molar-refractivity contribution in [3.63, 3.8) is 0 Å². The van der Waals surface area contributed by atoms with Gasteiger partial charge in [-0.25, -0.2) is 9.78 Å². The highest BCUT2D eigenvalue weighted by molar-refractivity contribution is 5.79. The van der Waals surface area contributed by atoms with Crippen molar-refractivity contribution in [3.05, 3.63) is 47.0 Å². The molecule has 2 N–H and O–H groups in total. The predicted molar refractivity (Wildman–Crippen MR) is 73.6 cm³/mol. The second kappa shape index (κ2) is 5.61. The number of fused-ring (bicyclic) bond motifs is 1. The Hall–Kier alpha value is -2.90. The molecule has 0 bridgehead atoms. The van der Waals surface area contributed by atoms with Gasteiger partial charge >= 0.3 is 5.76 Å². The molecule has 3 rings (SSSR count). The third kappa shape index (κ3) is 2.83. The van der Waals surface area contributed by atoms with Crippen LogP contribution in [0, 0.1) is 0 Å².